The first-order valence-corrected chi connectivity index (χ1v) is 13.3. The molecule has 3 aromatic rings. The third-order valence-electron chi connectivity index (χ3n) is 7.17. The maximum Gasteiger partial charge on any atom is 0.490 e. The number of carbonyl (C=O) groups excluding carboxylic acids is 1. The van der Waals surface area contributed by atoms with Crippen LogP contribution in [0.3, 0.4) is 0 Å². The lowest BCUT2D eigenvalue weighted by atomic mass is 9.83. The average Bonchev–Trinajstić information content (AvgIpc) is 3.43. The standard InChI is InChI=1S/C24H27N5O.2C2HF3O2/c1-2-28-16-17-29-21(19-8-4-3-5-9-19)18-26-23(29)24(28)11-14-27(15-12-24)22(30)20-10-6-7-13-25-20;2*3-2(4,5)1(6)7/h3-10,13,18H,2,11-12,14-17H2,1H3;2*(H,6,7). The molecule has 5 rings (SSSR count). The average molecular weight is 630 g/mol. The molecule has 2 N–H and O–H groups in total. The molecule has 4 heterocycles. The Bertz CT molecular complexity index is 1400. The SMILES string of the molecule is CCN1CCn2c(-c3ccccc3)cnc2C12CCN(C(=O)c1ccccn1)CC2.O=C(O)C(F)(F)F.O=C(O)C(F)(F)F. The van der Waals surface area contributed by atoms with Gasteiger partial charge in [-0.05, 0) is 37.1 Å². The second-order valence-corrected chi connectivity index (χ2v) is 9.71. The van der Waals surface area contributed by atoms with E-state index in [1.54, 1.807) is 12.3 Å². The van der Waals surface area contributed by atoms with Crippen LogP contribution in [-0.2, 0) is 21.7 Å². The number of carbonyl (C=O) groups is 3. The number of pyridine rings is 1. The Kier molecular flexibility index (Phi) is 10.7. The molecular weight excluding hydrogens is 600 g/mol. The number of piperidine rings is 1. The summed E-state index contributed by atoms with van der Waals surface area (Å²) in [5, 5.41) is 14.2. The van der Waals surface area contributed by atoms with Gasteiger partial charge in [0.25, 0.3) is 5.91 Å². The number of hydrogen-bond donors (Lipinski definition) is 2. The Hall–Kier alpha value is -4.47. The van der Waals surface area contributed by atoms with Gasteiger partial charge >= 0.3 is 24.3 Å². The summed E-state index contributed by atoms with van der Waals surface area (Å²) in [4.78, 5) is 44.4. The van der Waals surface area contributed by atoms with Crippen LogP contribution in [0.2, 0.25) is 0 Å². The molecule has 0 aliphatic carbocycles. The summed E-state index contributed by atoms with van der Waals surface area (Å²) in [5.41, 5.74) is 2.81. The number of amides is 1. The Morgan fingerprint density at radius 3 is 1.84 bits per heavy atom. The minimum atomic E-state index is -5.08. The van der Waals surface area contributed by atoms with Crippen LogP contribution in [0.25, 0.3) is 11.3 Å². The predicted molar refractivity (Wildman–Crippen MR) is 143 cm³/mol. The summed E-state index contributed by atoms with van der Waals surface area (Å²) >= 11 is 0. The Morgan fingerprint density at radius 1 is 0.818 bits per heavy atom. The van der Waals surface area contributed by atoms with E-state index in [9.17, 15) is 31.1 Å². The van der Waals surface area contributed by atoms with E-state index in [0.29, 0.717) is 5.69 Å². The van der Waals surface area contributed by atoms with Gasteiger partial charge in [0.15, 0.2) is 0 Å². The van der Waals surface area contributed by atoms with Crippen molar-refractivity contribution in [2.75, 3.05) is 26.2 Å². The van der Waals surface area contributed by atoms with Crippen molar-refractivity contribution < 1.29 is 50.9 Å². The van der Waals surface area contributed by atoms with Crippen LogP contribution in [0.15, 0.2) is 60.9 Å². The van der Waals surface area contributed by atoms with Crippen molar-refractivity contribution in [3.8, 4) is 11.3 Å². The molecule has 1 spiro atoms. The van der Waals surface area contributed by atoms with Crippen LogP contribution in [0.5, 0.6) is 0 Å². The highest BCUT2D eigenvalue weighted by atomic mass is 19.4. The lowest BCUT2D eigenvalue weighted by molar-refractivity contribution is -0.193. The summed E-state index contributed by atoms with van der Waals surface area (Å²) in [6, 6.07) is 16.0. The summed E-state index contributed by atoms with van der Waals surface area (Å²) in [6.45, 7) is 6.62. The zero-order chi connectivity index (χ0) is 32.7. The first kappa shape index (κ1) is 34.0. The molecule has 1 fully saturated rings. The fourth-order valence-electron chi connectivity index (χ4n) is 5.12. The number of alkyl halides is 6. The molecular formula is C28H29F6N5O5. The topological polar surface area (TPSA) is 129 Å². The van der Waals surface area contributed by atoms with E-state index in [4.69, 9.17) is 24.8 Å². The van der Waals surface area contributed by atoms with Crippen molar-refractivity contribution in [2.45, 2.75) is 44.2 Å². The molecule has 16 heteroatoms. The van der Waals surface area contributed by atoms with Crippen molar-refractivity contribution in [3.05, 3.63) is 72.4 Å². The summed E-state index contributed by atoms with van der Waals surface area (Å²) in [5.74, 6) is -4.34. The third kappa shape index (κ3) is 7.92. The number of carboxylic acids is 2. The largest absolute Gasteiger partial charge is 0.490 e. The monoisotopic (exact) mass is 629 g/mol. The van der Waals surface area contributed by atoms with E-state index >= 15 is 0 Å². The predicted octanol–water partition coefficient (Wildman–Crippen LogP) is 4.68. The van der Waals surface area contributed by atoms with E-state index in [1.165, 1.54) is 11.3 Å². The van der Waals surface area contributed by atoms with Gasteiger partial charge < -0.3 is 19.7 Å². The van der Waals surface area contributed by atoms with Gasteiger partial charge in [0.1, 0.15) is 11.5 Å². The zero-order valence-electron chi connectivity index (χ0n) is 23.3. The van der Waals surface area contributed by atoms with Gasteiger partial charge in [0.05, 0.1) is 17.4 Å². The molecule has 0 saturated carbocycles. The number of likely N-dealkylation sites (tertiary alicyclic amines) is 1. The van der Waals surface area contributed by atoms with E-state index in [0.717, 1.165) is 51.4 Å². The number of fused-ring (bicyclic) bond motifs is 2. The van der Waals surface area contributed by atoms with Crippen molar-refractivity contribution >= 4 is 17.8 Å². The molecule has 2 aliphatic rings. The Balaban J connectivity index is 0.000000317. The lowest BCUT2D eigenvalue weighted by Crippen LogP contribution is -2.58. The highest BCUT2D eigenvalue weighted by Crippen LogP contribution is 2.42. The maximum absolute atomic E-state index is 12.9. The number of imidazole rings is 1. The third-order valence-corrected chi connectivity index (χ3v) is 7.17. The number of likely N-dealkylation sites (N-methyl/N-ethyl adjacent to an activating group) is 1. The van der Waals surface area contributed by atoms with Crippen molar-refractivity contribution in [1.29, 1.82) is 0 Å². The van der Waals surface area contributed by atoms with Gasteiger partial charge in [0, 0.05) is 32.4 Å². The molecule has 0 atom stereocenters. The van der Waals surface area contributed by atoms with Gasteiger partial charge in [-0.25, -0.2) is 14.6 Å². The molecule has 1 saturated heterocycles. The van der Waals surface area contributed by atoms with Gasteiger partial charge in [-0.15, -0.1) is 0 Å². The first-order valence-electron chi connectivity index (χ1n) is 13.3. The van der Waals surface area contributed by atoms with Crippen molar-refractivity contribution in [3.63, 3.8) is 0 Å². The molecule has 0 radical (unpaired) electrons. The Morgan fingerprint density at radius 2 is 1.36 bits per heavy atom. The number of halogens is 6. The second-order valence-electron chi connectivity index (χ2n) is 9.71. The van der Waals surface area contributed by atoms with Crippen LogP contribution in [0.1, 0.15) is 36.1 Å². The number of benzene rings is 1. The van der Waals surface area contributed by atoms with Crippen LogP contribution in [0.4, 0.5) is 26.3 Å². The first-order chi connectivity index (χ1) is 20.6. The fourth-order valence-corrected chi connectivity index (χ4v) is 5.12. The minimum Gasteiger partial charge on any atom is -0.475 e. The van der Waals surface area contributed by atoms with E-state index in [2.05, 4.69) is 45.6 Å². The van der Waals surface area contributed by atoms with E-state index < -0.39 is 24.3 Å². The fraction of sp³-hybridized carbons (Fsp3) is 0.393. The molecule has 238 valence electrons. The Labute approximate surface area is 247 Å². The molecule has 2 aliphatic heterocycles. The molecule has 10 nitrogen and oxygen atoms in total. The number of carboxylic acid groups (broad SMARTS) is 2. The maximum atomic E-state index is 12.9. The molecule has 1 aromatic carbocycles. The van der Waals surface area contributed by atoms with Crippen LogP contribution >= 0.6 is 0 Å². The van der Waals surface area contributed by atoms with Crippen LogP contribution in [0, 0.1) is 0 Å². The van der Waals surface area contributed by atoms with Gasteiger partial charge in [-0.3, -0.25) is 14.7 Å². The normalized spacial score (nSPS) is 16.1. The highest BCUT2D eigenvalue weighted by molar-refractivity contribution is 5.92. The molecule has 0 unspecified atom stereocenters. The molecule has 0 bridgehead atoms. The smallest absolute Gasteiger partial charge is 0.475 e. The number of aromatic nitrogens is 3. The summed E-state index contributed by atoms with van der Waals surface area (Å²) in [7, 11) is 0. The number of hydrogen-bond acceptors (Lipinski definition) is 6. The van der Waals surface area contributed by atoms with Crippen molar-refractivity contribution in [2.24, 2.45) is 0 Å². The van der Waals surface area contributed by atoms with Gasteiger partial charge in [0.2, 0.25) is 0 Å². The minimum absolute atomic E-state index is 0.0256. The second kappa shape index (κ2) is 13.9. The van der Waals surface area contributed by atoms with E-state index in [-0.39, 0.29) is 11.4 Å². The quantitative estimate of drug-likeness (QED) is 0.400. The zero-order valence-corrected chi connectivity index (χ0v) is 23.3. The highest BCUT2D eigenvalue weighted by Gasteiger charge is 2.47. The number of rotatable bonds is 3. The van der Waals surface area contributed by atoms with Gasteiger partial charge in [-0.2, -0.15) is 26.3 Å². The van der Waals surface area contributed by atoms with Crippen LogP contribution < -0.4 is 0 Å². The number of nitrogens with zero attached hydrogens (tertiary/aromatic N) is 5. The van der Waals surface area contributed by atoms with Crippen LogP contribution in [-0.4, -0.2) is 90.9 Å². The lowest BCUT2D eigenvalue weighted by Gasteiger charge is -2.50. The molecule has 2 aromatic heterocycles. The number of aliphatic carboxylic acids is 2. The molecule has 1 amide bonds. The van der Waals surface area contributed by atoms with Gasteiger partial charge in [-0.1, -0.05) is 43.3 Å². The van der Waals surface area contributed by atoms with Crippen molar-refractivity contribution in [1.82, 2.24) is 24.3 Å². The molecule has 44 heavy (non-hydrogen) atoms. The summed E-state index contributed by atoms with van der Waals surface area (Å²) in [6.07, 6.45) is -4.67. The summed E-state index contributed by atoms with van der Waals surface area (Å²) < 4.78 is 65.9. The van der Waals surface area contributed by atoms with E-state index in [1.807, 2.05) is 29.3 Å².